The van der Waals surface area contributed by atoms with E-state index in [9.17, 15) is 4.79 Å². The highest BCUT2D eigenvalue weighted by Crippen LogP contribution is 2.30. The van der Waals surface area contributed by atoms with Gasteiger partial charge in [-0.25, -0.2) is 4.98 Å². The van der Waals surface area contributed by atoms with Crippen molar-refractivity contribution in [3.63, 3.8) is 0 Å². The van der Waals surface area contributed by atoms with Crippen molar-refractivity contribution in [3.05, 3.63) is 48.3 Å². The average molecular weight is 418 g/mol. The zero-order chi connectivity index (χ0) is 22.0. The van der Waals surface area contributed by atoms with Gasteiger partial charge in [-0.3, -0.25) is 15.0 Å². The minimum absolute atomic E-state index is 0.0134. The van der Waals surface area contributed by atoms with Gasteiger partial charge in [0.05, 0.1) is 17.8 Å². The highest BCUT2D eigenvalue weighted by atomic mass is 16.1. The molecule has 8 heteroatoms. The van der Waals surface area contributed by atoms with Gasteiger partial charge in [-0.1, -0.05) is 26.0 Å². The van der Waals surface area contributed by atoms with Crippen LogP contribution in [0.4, 0.5) is 5.69 Å². The Kier molecular flexibility index (Phi) is 5.81. The molecular weight excluding hydrogens is 390 g/mol. The molecule has 0 saturated heterocycles. The summed E-state index contributed by atoms with van der Waals surface area (Å²) in [7, 11) is 3.98. The Morgan fingerprint density at radius 3 is 2.68 bits per heavy atom. The zero-order valence-corrected chi connectivity index (χ0v) is 18.2. The van der Waals surface area contributed by atoms with E-state index in [1.807, 2.05) is 75.3 Å². The number of benzene rings is 2. The molecule has 0 saturated carbocycles. The van der Waals surface area contributed by atoms with Crippen LogP contribution in [0.25, 0.3) is 33.5 Å². The van der Waals surface area contributed by atoms with E-state index >= 15 is 0 Å². The monoisotopic (exact) mass is 417 g/mol. The number of aromatic nitrogens is 5. The first kappa shape index (κ1) is 20.7. The summed E-state index contributed by atoms with van der Waals surface area (Å²) in [6.07, 6.45) is 0.491. The van der Waals surface area contributed by atoms with Gasteiger partial charge in [-0.05, 0) is 50.3 Å². The first-order valence-corrected chi connectivity index (χ1v) is 10.3. The number of hydrogen-bond acceptors (Lipinski definition) is 5. The number of carbonyl (C=O) groups excluding carboxylic acids is 1. The molecule has 3 N–H and O–H groups in total. The van der Waals surface area contributed by atoms with Crippen LogP contribution in [-0.2, 0) is 11.3 Å². The molecule has 0 atom stereocenters. The molecule has 0 fully saturated rings. The molecule has 31 heavy (non-hydrogen) atoms. The molecule has 0 aliphatic rings. The number of H-pyrrole nitrogens is 2. The van der Waals surface area contributed by atoms with Gasteiger partial charge < -0.3 is 10.2 Å². The number of nitrogens with one attached hydrogen (secondary N) is 3. The van der Waals surface area contributed by atoms with E-state index in [-0.39, 0.29) is 5.91 Å². The first-order valence-electron chi connectivity index (χ1n) is 10.3. The van der Waals surface area contributed by atoms with Crippen LogP contribution < -0.4 is 5.32 Å². The summed E-state index contributed by atoms with van der Waals surface area (Å²) in [6.45, 7) is 4.75. The predicted molar refractivity (Wildman–Crippen MR) is 122 cm³/mol. The molecule has 0 aliphatic carbocycles. The second-order valence-corrected chi connectivity index (χ2v) is 8.40. The molecule has 2 aromatic heterocycles. The van der Waals surface area contributed by atoms with Gasteiger partial charge in [-0.15, -0.1) is 0 Å². The summed E-state index contributed by atoms with van der Waals surface area (Å²) in [5.41, 5.74) is 4.35. The topological polar surface area (TPSA) is 103 Å². The minimum atomic E-state index is 0.0134. The Hall–Kier alpha value is -3.52. The van der Waals surface area contributed by atoms with E-state index in [1.165, 1.54) is 0 Å². The SMILES string of the molecule is CC(C)CC(=O)Nc1cccc(-c2n[nH]c3ccc(-c4n[nH]c(CN(C)C)n4)cc23)c1. The molecule has 1 amide bonds. The summed E-state index contributed by atoms with van der Waals surface area (Å²) < 4.78 is 0. The molecule has 2 heterocycles. The van der Waals surface area contributed by atoms with Crippen molar-refractivity contribution in [2.45, 2.75) is 26.8 Å². The number of anilines is 1. The Morgan fingerprint density at radius 1 is 1.06 bits per heavy atom. The second kappa shape index (κ2) is 8.69. The average Bonchev–Trinajstić information content (AvgIpc) is 3.33. The van der Waals surface area contributed by atoms with Crippen LogP contribution in [0.2, 0.25) is 0 Å². The van der Waals surface area contributed by atoms with Gasteiger partial charge >= 0.3 is 0 Å². The van der Waals surface area contributed by atoms with Gasteiger partial charge in [0.15, 0.2) is 5.82 Å². The molecular formula is C23H27N7O. The van der Waals surface area contributed by atoms with E-state index in [4.69, 9.17) is 0 Å². The van der Waals surface area contributed by atoms with Crippen molar-refractivity contribution < 1.29 is 4.79 Å². The van der Waals surface area contributed by atoms with Gasteiger partial charge in [0, 0.05) is 28.6 Å². The highest BCUT2D eigenvalue weighted by molar-refractivity contribution is 5.97. The minimum Gasteiger partial charge on any atom is -0.326 e. The Bertz CT molecular complexity index is 1210. The van der Waals surface area contributed by atoms with Crippen molar-refractivity contribution in [1.82, 2.24) is 30.3 Å². The number of nitrogens with zero attached hydrogens (tertiary/aromatic N) is 4. The normalized spacial score (nSPS) is 11.5. The predicted octanol–water partition coefficient (Wildman–Crippen LogP) is 4.06. The third-order valence-corrected chi connectivity index (χ3v) is 4.83. The molecule has 8 nitrogen and oxygen atoms in total. The Balaban J connectivity index is 1.64. The number of amides is 1. The third-order valence-electron chi connectivity index (χ3n) is 4.83. The van der Waals surface area contributed by atoms with Crippen molar-refractivity contribution in [2.75, 3.05) is 19.4 Å². The second-order valence-electron chi connectivity index (χ2n) is 8.40. The van der Waals surface area contributed by atoms with E-state index < -0.39 is 0 Å². The van der Waals surface area contributed by atoms with Crippen LogP contribution in [0.15, 0.2) is 42.5 Å². The van der Waals surface area contributed by atoms with E-state index in [2.05, 4.69) is 30.7 Å². The van der Waals surface area contributed by atoms with Crippen LogP contribution in [0.3, 0.4) is 0 Å². The van der Waals surface area contributed by atoms with Gasteiger partial charge in [0.2, 0.25) is 5.91 Å². The number of rotatable bonds is 7. The van der Waals surface area contributed by atoms with Crippen molar-refractivity contribution in [3.8, 4) is 22.6 Å². The number of aromatic amines is 2. The molecule has 0 radical (unpaired) electrons. The lowest BCUT2D eigenvalue weighted by Gasteiger charge is -2.08. The first-order chi connectivity index (χ1) is 14.9. The molecule has 0 aliphatic heterocycles. The van der Waals surface area contributed by atoms with Crippen LogP contribution in [0.5, 0.6) is 0 Å². The maximum Gasteiger partial charge on any atom is 0.224 e. The van der Waals surface area contributed by atoms with E-state index in [0.717, 1.165) is 39.2 Å². The number of fused-ring (bicyclic) bond motifs is 1. The lowest BCUT2D eigenvalue weighted by atomic mass is 10.0. The maximum atomic E-state index is 12.2. The lowest BCUT2D eigenvalue weighted by molar-refractivity contribution is -0.116. The van der Waals surface area contributed by atoms with Crippen molar-refractivity contribution in [1.29, 1.82) is 0 Å². The summed E-state index contributed by atoms with van der Waals surface area (Å²) >= 11 is 0. The van der Waals surface area contributed by atoms with Crippen LogP contribution in [0, 0.1) is 5.92 Å². The summed E-state index contributed by atoms with van der Waals surface area (Å²) in [6, 6.07) is 13.8. The lowest BCUT2D eigenvalue weighted by Crippen LogP contribution is -2.13. The Morgan fingerprint density at radius 2 is 1.90 bits per heavy atom. The third kappa shape index (κ3) is 4.80. The maximum absolute atomic E-state index is 12.2. The standard InChI is InChI=1S/C23H27N7O/c1-14(2)10-21(31)24-17-7-5-6-15(11-17)22-18-12-16(8-9-19(18)26-28-22)23-25-20(27-29-23)13-30(3)4/h5-9,11-12,14H,10,13H2,1-4H3,(H,24,31)(H,26,28)(H,25,27,29). The molecule has 2 aromatic carbocycles. The van der Waals surface area contributed by atoms with E-state index in [1.54, 1.807) is 0 Å². The van der Waals surface area contributed by atoms with Crippen molar-refractivity contribution >= 4 is 22.5 Å². The van der Waals surface area contributed by atoms with Crippen LogP contribution in [-0.4, -0.2) is 50.3 Å². The smallest absolute Gasteiger partial charge is 0.224 e. The number of carbonyl (C=O) groups is 1. The van der Waals surface area contributed by atoms with E-state index in [0.29, 0.717) is 24.7 Å². The Labute approximate surface area is 181 Å². The van der Waals surface area contributed by atoms with Gasteiger partial charge in [0.1, 0.15) is 5.82 Å². The molecule has 0 bridgehead atoms. The molecule has 0 unspecified atom stereocenters. The van der Waals surface area contributed by atoms with Crippen molar-refractivity contribution in [2.24, 2.45) is 5.92 Å². The molecule has 4 aromatic rings. The largest absolute Gasteiger partial charge is 0.326 e. The van der Waals surface area contributed by atoms with Crippen LogP contribution >= 0.6 is 0 Å². The van der Waals surface area contributed by atoms with Gasteiger partial charge in [0.25, 0.3) is 0 Å². The van der Waals surface area contributed by atoms with Gasteiger partial charge in [-0.2, -0.15) is 10.2 Å². The zero-order valence-electron chi connectivity index (χ0n) is 18.2. The molecule has 160 valence electrons. The fourth-order valence-corrected chi connectivity index (χ4v) is 3.49. The molecule has 4 rings (SSSR count). The summed E-state index contributed by atoms with van der Waals surface area (Å²) in [4.78, 5) is 18.8. The fourth-order valence-electron chi connectivity index (χ4n) is 3.49. The fraction of sp³-hybridized carbons (Fsp3) is 0.304. The van der Waals surface area contributed by atoms with Crippen LogP contribution in [0.1, 0.15) is 26.1 Å². The highest BCUT2D eigenvalue weighted by Gasteiger charge is 2.13. The quantitative estimate of drug-likeness (QED) is 0.421. The summed E-state index contributed by atoms with van der Waals surface area (Å²) in [5.74, 6) is 1.79. The molecule has 0 spiro atoms. The number of hydrogen-bond donors (Lipinski definition) is 3. The summed E-state index contributed by atoms with van der Waals surface area (Å²) in [5, 5.41) is 18.9.